The summed E-state index contributed by atoms with van der Waals surface area (Å²) in [5, 5.41) is 11.5. The number of para-hydroxylation sites is 1. The summed E-state index contributed by atoms with van der Waals surface area (Å²) >= 11 is 6.03. The van der Waals surface area contributed by atoms with Gasteiger partial charge in [-0.15, -0.1) is 0 Å². The number of carbonyl (C=O) groups excluding carboxylic acids is 2. The summed E-state index contributed by atoms with van der Waals surface area (Å²) in [6.45, 7) is 1.94. The summed E-state index contributed by atoms with van der Waals surface area (Å²) in [6, 6.07) is 22.3. The number of hydrogen-bond donors (Lipinski definition) is 1. The normalized spacial score (nSPS) is 18.3. The third-order valence-corrected chi connectivity index (χ3v) is 5.24. The molecule has 3 aromatic carbocycles. The molecule has 144 valence electrons. The summed E-state index contributed by atoms with van der Waals surface area (Å²) in [5.74, 6) is -1.58. The Morgan fingerprint density at radius 3 is 2.14 bits per heavy atom. The van der Waals surface area contributed by atoms with Crippen LogP contribution in [0.2, 0.25) is 5.02 Å². The molecule has 0 saturated carbocycles. The zero-order valence-corrected chi connectivity index (χ0v) is 16.4. The van der Waals surface area contributed by atoms with E-state index < -0.39 is 17.7 Å². The lowest BCUT2D eigenvalue weighted by atomic mass is 9.95. The number of aliphatic hydroxyl groups is 1. The Hall–Kier alpha value is -3.37. The maximum Gasteiger partial charge on any atom is 0.300 e. The standard InChI is InChI=1S/C24H18ClNO3/c1-15-7-9-17(10-8-15)22(27)20-21(16-11-13-18(25)14-12-16)26(24(29)23(20)28)19-5-3-2-4-6-19/h2-14,21,27H,1H3/t21-/m0/s1. The Labute approximate surface area is 173 Å². The van der Waals surface area contributed by atoms with Crippen LogP contribution < -0.4 is 4.90 Å². The summed E-state index contributed by atoms with van der Waals surface area (Å²) in [7, 11) is 0. The lowest BCUT2D eigenvalue weighted by molar-refractivity contribution is -0.132. The van der Waals surface area contributed by atoms with Gasteiger partial charge >= 0.3 is 0 Å². The number of hydrogen-bond acceptors (Lipinski definition) is 3. The number of rotatable bonds is 3. The van der Waals surface area contributed by atoms with Gasteiger partial charge in [0.2, 0.25) is 0 Å². The first-order valence-corrected chi connectivity index (χ1v) is 9.53. The minimum absolute atomic E-state index is 0.0602. The van der Waals surface area contributed by atoms with Crippen molar-refractivity contribution >= 4 is 34.7 Å². The molecule has 0 bridgehead atoms. The minimum Gasteiger partial charge on any atom is -0.507 e. The largest absolute Gasteiger partial charge is 0.507 e. The van der Waals surface area contributed by atoms with Gasteiger partial charge in [-0.2, -0.15) is 0 Å². The van der Waals surface area contributed by atoms with Crippen molar-refractivity contribution in [2.45, 2.75) is 13.0 Å². The van der Waals surface area contributed by atoms with Crippen LogP contribution in [0.25, 0.3) is 5.76 Å². The van der Waals surface area contributed by atoms with Gasteiger partial charge in [0, 0.05) is 16.3 Å². The molecule has 1 aliphatic heterocycles. The number of anilines is 1. The second-order valence-electron chi connectivity index (χ2n) is 6.92. The van der Waals surface area contributed by atoms with E-state index in [-0.39, 0.29) is 11.3 Å². The number of aliphatic hydroxyl groups excluding tert-OH is 1. The Morgan fingerprint density at radius 1 is 0.897 bits per heavy atom. The average Bonchev–Trinajstić information content (AvgIpc) is 3.00. The number of Topliss-reactive ketones (excluding diaryl/α,β-unsaturated/α-hetero) is 1. The summed E-state index contributed by atoms with van der Waals surface area (Å²) in [4.78, 5) is 27.4. The van der Waals surface area contributed by atoms with E-state index in [2.05, 4.69) is 0 Å². The number of nitrogens with zero attached hydrogens (tertiary/aromatic N) is 1. The fraction of sp³-hybridized carbons (Fsp3) is 0.0833. The van der Waals surface area contributed by atoms with E-state index in [1.165, 1.54) is 4.90 Å². The van der Waals surface area contributed by atoms with Crippen LogP contribution in [0.15, 0.2) is 84.4 Å². The average molecular weight is 404 g/mol. The molecule has 1 aliphatic rings. The zero-order chi connectivity index (χ0) is 20.5. The summed E-state index contributed by atoms with van der Waals surface area (Å²) in [6.07, 6.45) is 0. The topological polar surface area (TPSA) is 57.6 Å². The third-order valence-electron chi connectivity index (χ3n) is 4.99. The van der Waals surface area contributed by atoms with Gasteiger partial charge in [0.1, 0.15) is 5.76 Å². The Kier molecular flexibility index (Phi) is 4.95. The number of benzene rings is 3. The van der Waals surface area contributed by atoms with Gasteiger partial charge in [-0.3, -0.25) is 14.5 Å². The first-order valence-electron chi connectivity index (χ1n) is 9.16. The summed E-state index contributed by atoms with van der Waals surface area (Å²) in [5.41, 5.74) is 2.84. The van der Waals surface area contributed by atoms with Crippen LogP contribution in [0.5, 0.6) is 0 Å². The van der Waals surface area contributed by atoms with E-state index in [0.29, 0.717) is 21.8 Å². The minimum atomic E-state index is -0.754. The van der Waals surface area contributed by atoms with E-state index in [0.717, 1.165) is 5.56 Å². The Morgan fingerprint density at radius 2 is 1.52 bits per heavy atom. The molecule has 0 spiro atoms. The molecule has 0 unspecified atom stereocenters. The van der Waals surface area contributed by atoms with E-state index in [9.17, 15) is 14.7 Å². The maximum atomic E-state index is 13.0. The zero-order valence-electron chi connectivity index (χ0n) is 15.7. The molecule has 1 amide bonds. The lowest BCUT2D eigenvalue weighted by Gasteiger charge is -2.25. The molecule has 1 fully saturated rings. The van der Waals surface area contributed by atoms with Crippen LogP contribution in [-0.4, -0.2) is 16.8 Å². The van der Waals surface area contributed by atoms with E-state index >= 15 is 0 Å². The molecule has 1 atom stereocenters. The number of halogens is 1. The number of aryl methyl sites for hydroxylation is 1. The first kappa shape index (κ1) is 19.0. The molecule has 1 saturated heterocycles. The van der Waals surface area contributed by atoms with Gasteiger partial charge in [-0.1, -0.05) is 71.8 Å². The van der Waals surface area contributed by atoms with Crippen LogP contribution in [-0.2, 0) is 9.59 Å². The highest BCUT2D eigenvalue weighted by molar-refractivity contribution is 6.51. The predicted octanol–water partition coefficient (Wildman–Crippen LogP) is 5.27. The second-order valence-corrected chi connectivity index (χ2v) is 7.36. The van der Waals surface area contributed by atoms with Crippen molar-refractivity contribution in [2.24, 2.45) is 0 Å². The summed E-state index contributed by atoms with van der Waals surface area (Å²) < 4.78 is 0. The number of carbonyl (C=O) groups is 2. The van der Waals surface area contributed by atoms with Gasteiger partial charge in [0.25, 0.3) is 11.7 Å². The van der Waals surface area contributed by atoms with Crippen molar-refractivity contribution in [3.63, 3.8) is 0 Å². The van der Waals surface area contributed by atoms with Crippen molar-refractivity contribution in [1.29, 1.82) is 0 Å². The maximum absolute atomic E-state index is 13.0. The van der Waals surface area contributed by atoms with Gasteiger partial charge < -0.3 is 5.11 Å². The van der Waals surface area contributed by atoms with Crippen molar-refractivity contribution in [1.82, 2.24) is 0 Å². The van der Waals surface area contributed by atoms with E-state index in [1.807, 2.05) is 25.1 Å². The quantitative estimate of drug-likeness (QED) is 0.368. The SMILES string of the molecule is Cc1ccc(C(O)=C2C(=O)C(=O)N(c3ccccc3)[C@H]2c2ccc(Cl)cc2)cc1. The molecular formula is C24H18ClNO3. The number of ketones is 1. The molecule has 5 heteroatoms. The van der Waals surface area contributed by atoms with Gasteiger partial charge in [-0.05, 0) is 36.8 Å². The Balaban J connectivity index is 1.94. The third kappa shape index (κ3) is 3.43. The van der Waals surface area contributed by atoms with Crippen molar-refractivity contribution in [3.05, 3.63) is 106 Å². The first-order chi connectivity index (χ1) is 14.0. The van der Waals surface area contributed by atoms with Gasteiger partial charge in [0.15, 0.2) is 0 Å². The van der Waals surface area contributed by atoms with Crippen LogP contribution in [0.4, 0.5) is 5.69 Å². The highest BCUT2D eigenvalue weighted by atomic mass is 35.5. The Bertz CT molecular complexity index is 1100. The van der Waals surface area contributed by atoms with Crippen LogP contribution in [0.3, 0.4) is 0 Å². The predicted molar refractivity (Wildman–Crippen MR) is 114 cm³/mol. The van der Waals surface area contributed by atoms with Crippen molar-refractivity contribution < 1.29 is 14.7 Å². The van der Waals surface area contributed by atoms with E-state index in [4.69, 9.17) is 11.6 Å². The molecule has 29 heavy (non-hydrogen) atoms. The smallest absolute Gasteiger partial charge is 0.300 e. The fourth-order valence-corrected chi connectivity index (χ4v) is 3.64. The number of amides is 1. The monoisotopic (exact) mass is 403 g/mol. The van der Waals surface area contributed by atoms with Crippen molar-refractivity contribution in [3.8, 4) is 0 Å². The van der Waals surface area contributed by atoms with Crippen LogP contribution in [0, 0.1) is 6.92 Å². The van der Waals surface area contributed by atoms with Gasteiger partial charge in [-0.25, -0.2) is 0 Å². The van der Waals surface area contributed by atoms with E-state index in [1.54, 1.807) is 60.7 Å². The molecule has 0 radical (unpaired) electrons. The molecule has 0 aliphatic carbocycles. The molecule has 1 heterocycles. The van der Waals surface area contributed by atoms with Crippen LogP contribution >= 0.6 is 11.6 Å². The fourth-order valence-electron chi connectivity index (χ4n) is 3.51. The second kappa shape index (κ2) is 7.57. The molecule has 1 N–H and O–H groups in total. The molecular weight excluding hydrogens is 386 g/mol. The highest BCUT2D eigenvalue weighted by Gasteiger charge is 2.46. The lowest BCUT2D eigenvalue weighted by Crippen LogP contribution is -2.29. The van der Waals surface area contributed by atoms with Crippen LogP contribution in [0.1, 0.15) is 22.7 Å². The molecule has 0 aromatic heterocycles. The van der Waals surface area contributed by atoms with Crippen molar-refractivity contribution in [2.75, 3.05) is 4.90 Å². The highest BCUT2D eigenvalue weighted by Crippen LogP contribution is 2.42. The van der Waals surface area contributed by atoms with Gasteiger partial charge in [0.05, 0.1) is 11.6 Å². The molecule has 3 aromatic rings. The molecule has 4 rings (SSSR count). The molecule has 4 nitrogen and oxygen atoms in total.